The SMILES string of the molecule is O=C(O)c1cc(F)cc(S(=O)O)c1Br. The Bertz CT molecular complexity index is 385. The Morgan fingerprint density at radius 1 is 1.50 bits per heavy atom. The molecule has 0 aliphatic heterocycles. The van der Waals surface area contributed by atoms with Gasteiger partial charge in [-0.15, -0.1) is 0 Å². The van der Waals surface area contributed by atoms with E-state index in [9.17, 15) is 13.4 Å². The van der Waals surface area contributed by atoms with Crippen LogP contribution in [0.3, 0.4) is 0 Å². The number of hydrogen-bond donors (Lipinski definition) is 2. The van der Waals surface area contributed by atoms with Crippen molar-refractivity contribution in [2.24, 2.45) is 0 Å². The lowest BCUT2D eigenvalue weighted by atomic mass is 10.2. The van der Waals surface area contributed by atoms with Crippen molar-refractivity contribution in [2.75, 3.05) is 0 Å². The molecule has 0 aliphatic carbocycles. The lowest BCUT2D eigenvalue weighted by Gasteiger charge is -2.03. The van der Waals surface area contributed by atoms with Gasteiger partial charge in [-0.3, -0.25) is 0 Å². The first kappa shape index (κ1) is 11.3. The molecule has 1 rings (SSSR count). The number of carbonyl (C=O) groups is 1. The van der Waals surface area contributed by atoms with Gasteiger partial charge in [0.05, 0.1) is 14.9 Å². The molecular weight excluding hydrogens is 279 g/mol. The highest BCUT2D eigenvalue weighted by Gasteiger charge is 2.17. The van der Waals surface area contributed by atoms with E-state index in [1.54, 1.807) is 0 Å². The predicted octanol–water partition coefficient (Wildman–Crippen LogP) is 1.87. The normalized spacial score (nSPS) is 12.5. The molecule has 76 valence electrons. The quantitative estimate of drug-likeness (QED) is 0.812. The van der Waals surface area contributed by atoms with Gasteiger partial charge in [0.1, 0.15) is 5.82 Å². The molecule has 0 heterocycles. The van der Waals surface area contributed by atoms with Crippen LogP contribution in [0.1, 0.15) is 10.4 Å². The van der Waals surface area contributed by atoms with Crippen molar-refractivity contribution in [3.63, 3.8) is 0 Å². The predicted molar refractivity (Wildman–Crippen MR) is 50.1 cm³/mol. The molecule has 0 fully saturated rings. The van der Waals surface area contributed by atoms with Crippen molar-refractivity contribution < 1.29 is 23.1 Å². The summed E-state index contributed by atoms with van der Waals surface area (Å²) in [5.74, 6) is -2.24. The molecule has 2 N–H and O–H groups in total. The number of hydrogen-bond acceptors (Lipinski definition) is 2. The maximum absolute atomic E-state index is 12.8. The summed E-state index contributed by atoms with van der Waals surface area (Å²) in [6.45, 7) is 0. The average Bonchev–Trinajstić information content (AvgIpc) is 2.07. The molecule has 1 atom stereocenters. The summed E-state index contributed by atoms with van der Waals surface area (Å²) in [4.78, 5) is 10.3. The van der Waals surface area contributed by atoms with Crippen molar-refractivity contribution in [3.8, 4) is 0 Å². The summed E-state index contributed by atoms with van der Waals surface area (Å²) >= 11 is 0.388. The van der Waals surface area contributed by atoms with Crippen molar-refractivity contribution in [1.82, 2.24) is 0 Å². The van der Waals surface area contributed by atoms with Crippen LogP contribution in [0.4, 0.5) is 4.39 Å². The maximum Gasteiger partial charge on any atom is 0.336 e. The summed E-state index contributed by atoms with van der Waals surface area (Å²) in [6.07, 6.45) is 0. The monoisotopic (exact) mass is 282 g/mol. The maximum atomic E-state index is 12.8. The van der Waals surface area contributed by atoms with Gasteiger partial charge >= 0.3 is 5.97 Å². The van der Waals surface area contributed by atoms with Gasteiger partial charge in [-0.05, 0) is 28.1 Å². The minimum Gasteiger partial charge on any atom is -0.478 e. The highest BCUT2D eigenvalue weighted by atomic mass is 79.9. The summed E-state index contributed by atoms with van der Waals surface area (Å²) in [7, 11) is 0. The molecule has 4 nitrogen and oxygen atoms in total. The minimum absolute atomic E-state index is 0.0905. The summed E-state index contributed by atoms with van der Waals surface area (Å²) in [5, 5.41) is 8.62. The van der Waals surface area contributed by atoms with Crippen LogP contribution in [0.15, 0.2) is 21.5 Å². The van der Waals surface area contributed by atoms with E-state index in [1.807, 2.05) is 0 Å². The first-order valence-electron chi connectivity index (χ1n) is 3.26. The molecule has 0 saturated carbocycles. The van der Waals surface area contributed by atoms with Gasteiger partial charge < -0.3 is 9.66 Å². The Kier molecular flexibility index (Phi) is 3.35. The lowest BCUT2D eigenvalue weighted by Crippen LogP contribution is -2.02. The molecule has 1 unspecified atom stereocenters. The van der Waals surface area contributed by atoms with Gasteiger partial charge in [-0.2, -0.15) is 0 Å². The van der Waals surface area contributed by atoms with E-state index >= 15 is 0 Å². The summed E-state index contributed by atoms with van der Waals surface area (Å²) in [5.41, 5.74) is -0.387. The molecule has 7 heteroatoms. The fraction of sp³-hybridized carbons (Fsp3) is 0. The Labute approximate surface area is 89.2 Å². The molecule has 0 radical (unpaired) electrons. The number of carboxylic acids is 1. The van der Waals surface area contributed by atoms with Crippen LogP contribution in [0.5, 0.6) is 0 Å². The number of benzene rings is 1. The van der Waals surface area contributed by atoms with Gasteiger partial charge in [0, 0.05) is 0 Å². The zero-order chi connectivity index (χ0) is 10.9. The Hall–Kier alpha value is -0.790. The second-order valence-corrected chi connectivity index (χ2v) is 4.05. The van der Waals surface area contributed by atoms with Gasteiger partial charge in [0.25, 0.3) is 0 Å². The fourth-order valence-corrected chi connectivity index (χ4v) is 2.14. The molecule has 1 aromatic carbocycles. The van der Waals surface area contributed by atoms with E-state index in [0.717, 1.165) is 12.1 Å². The van der Waals surface area contributed by atoms with Crippen molar-refractivity contribution in [1.29, 1.82) is 0 Å². The smallest absolute Gasteiger partial charge is 0.336 e. The number of carboxylic acid groups (broad SMARTS) is 1. The van der Waals surface area contributed by atoms with E-state index < -0.39 is 22.9 Å². The van der Waals surface area contributed by atoms with E-state index in [0.29, 0.717) is 0 Å². The molecule has 0 amide bonds. The third-order valence-corrected chi connectivity index (χ3v) is 3.24. The summed E-state index contributed by atoms with van der Waals surface area (Å²) in [6, 6.07) is 1.56. The Balaban J connectivity index is 3.47. The van der Waals surface area contributed by atoms with E-state index in [4.69, 9.17) is 9.66 Å². The van der Waals surface area contributed by atoms with Crippen LogP contribution in [-0.2, 0) is 11.1 Å². The largest absolute Gasteiger partial charge is 0.478 e. The topological polar surface area (TPSA) is 74.6 Å². The molecular formula is C7H4BrFO4S. The number of halogens is 2. The number of rotatable bonds is 2. The second-order valence-electron chi connectivity index (χ2n) is 2.32. The molecule has 0 aliphatic rings. The molecule has 0 aromatic heterocycles. The van der Waals surface area contributed by atoms with Gasteiger partial charge in [-0.25, -0.2) is 13.4 Å². The van der Waals surface area contributed by atoms with Crippen LogP contribution >= 0.6 is 15.9 Å². The summed E-state index contributed by atoms with van der Waals surface area (Å²) < 4.78 is 32.1. The molecule has 0 spiro atoms. The zero-order valence-electron chi connectivity index (χ0n) is 6.53. The van der Waals surface area contributed by atoms with Crippen molar-refractivity contribution >= 4 is 33.0 Å². The standard InChI is InChI=1S/C7H4BrFO4S/c8-6-4(7(10)11)1-3(9)2-5(6)14(12)13/h1-2H,(H,10,11)(H,12,13). The van der Waals surface area contributed by atoms with Crippen LogP contribution in [0.25, 0.3) is 0 Å². The molecule has 0 saturated heterocycles. The second kappa shape index (κ2) is 4.16. The van der Waals surface area contributed by atoms with E-state index in [-0.39, 0.29) is 14.9 Å². The van der Waals surface area contributed by atoms with Crippen LogP contribution in [0, 0.1) is 5.82 Å². The van der Waals surface area contributed by atoms with E-state index in [2.05, 4.69) is 15.9 Å². The van der Waals surface area contributed by atoms with Crippen molar-refractivity contribution in [2.45, 2.75) is 4.90 Å². The fourth-order valence-electron chi connectivity index (χ4n) is 0.847. The van der Waals surface area contributed by atoms with E-state index in [1.165, 1.54) is 0 Å². The Morgan fingerprint density at radius 3 is 2.50 bits per heavy atom. The first-order valence-corrected chi connectivity index (χ1v) is 5.16. The van der Waals surface area contributed by atoms with Gasteiger partial charge in [0.15, 0.2) is 11.1 Å². The van der Waals surface area contributed by atoms with Gasteiger partial charge in [0.2, 0.25) is 0 Å². The highest BCUT2D eigenvalue weighted by molar-refractivity contribution is 9.10. The number of aromatic carboxylic acids is 1. The van der Waals surface area contributed by atoms with Crippen LogP contribution in [-0.4, -0.2) is 19.8 Å². The molecule has 1 aromatic rings. The molecule has 0 bridgehead atoms. The average molecular weight is 283 g/mol. The third kappa shape index (κ3) is 2.17. The van der Waals surface area contributed by atoms with Crippen LogP contribution < -0.4 is 0 Å². The Morgan fingerprint density at radius 2 is 2.07 bits per heavy atom. The first-order chi connectivity index (χ1) is 6.43. The van der Waals surface area contributed by atoms with Gasteiger partial charge in [-0.1, -0.05) is 0 Å². The molecule has 14 heavy (non-hydrogen) atoms. The van der Waals surface area contributed by atoms with Crippen LogP contribution in [0.2, 0.25) is 0 Å². The third-order valence-electron chi connectivity index (χ3n) is 1.42. The minimum atomic E-state index is -2.43. The lowest BCUT2D eigenvalue weighted by molar-refractivity contribution is 0.0695. The zero-order valence-corrected chi connectivity index (χ0v) is 8.93. The van der Waals surface area contributed by atoms with Crippen molar-refractivity contribution in [3.05, 3.63) is 28.0 Å². The highest BCUT2D eigenvalue weighted by Crippen LogP contribution is 2.25.